The van der Waals surface area contributed by atoms with Gasteiger partial charge in [-0.05, 0) is 37.1 Å². The van der Waals surface area contributed by atoms with Gasteiger partial charge in [-0.2, -0.15) is 0 Å². The Morgan fingerprint density at radius 3 is 2.17 bits per heavy atom. The lowest BCUT2D eigenvalue weighted by Crippen LogP contribution is -2.39. The molecule has 0 aliphatic rings. The monoisotopic (exact) mass is 357 g/mol. The van der Waals surface area contributed by atoms with Gasteiger partial charge >= 0.3 is 0 Å². The number of ether oxygens (including phenoxy) is 1. The van der Waals surface area contributed by atoms with E-state index in [1.165, 1.54) is 7.11 Å². The lowest BCUT2D eigenvalue weighted by molar-refractivity contribution is -0.118. The van der Waals surface area contributed by atoms with Crippen LogP contribution in [0.4, 0.5) is 5.69 Å². The van der Waals surface area contributed by atoms with Gasteiger partial charge in [-0.3, -0.25) is 9.59 Å². The number of benzene rings is 1. The van der Waals surface area contributed by atoms with Gasteiger partial charge in [0.05, 0.1) is 6.61 Å². The zero-order valence-electron chi connectivity index (χ0n) is 14.6. The predicted octanol–water partition coefficient (Wildman–Crippen LogP) is 2.28. The molecule has 1 rings (SSSR count). The Hall–Kier alpha value is -1.63. The Bertz CT molecular complexity index is 502. The third-order valence-electron chi connectivity index (χ3n) is 3.36. The number of carbonyl (C=O) groups excluding carboxylic acids is 2. The fourth-order valence-electron chi connectivity index (χ4n) is 2.22. The average Bonchev–Trinajstić information content (AvgIpc) is 2.55. The number of nitrogens with one attached hydrogen (secondary N) is 1. The molecule has 6 nitrogen and oxygen atoms in total. The smallest absolute Gasteiger partial charge is 0.253 e. The Kier molecular flexibility index (Phi) is 11.0. The van der Waals surface area contributed by atoms with E-state index >= 15 is 0 Å². The quantitative estimate of drug-likeness (QED) is 0.710. The molecule has 2 amide bonds. The molecule has 0 aromatic heterocycles. The van der Waals surface area contributed by atoms with E-state index < -0.39 is 6.04 Å². The molecule has 0 saturated carbocycles. The number of rotatable bonds is 9. The maximum Gasteiger partial charge on any atom is 0.253 e. The number of amides is 2. The van der Waals surface area contributed by atoms with Gasteiger partial charge in [0.1, 0.15) is 6.04 Å². The zero-order chi connectivity index (χ0) is 17.2. The highest BCUT2D eigenvalue weighted by atomic mass is 35.5. The molecule has 0 aliphatic heterocycles. The van der Waals surface area contributed by atoms with Crippen molar-refractivity contribution in [2.45, 2.75) is 32.7 Å². The van der Waals surface area contributed by atoms with Crippen molar-refractivity contribution in [1.29, 1.82) is 0 Å². The van der Waals surface area contributed by atoms with Gasteiger partial charge in [0.2, 0.25) is 5.91 Å². The molecule has 1 aromatic rings. The van der Waals surface area contributed by atoms with Crippen LogP contribution in [-0.2, 0) is 9.53 Å². The average molecular weight is 358 g/mol. The molecule has 0 fully saturated rings. The minimum Gasteiger partial charge on any atom is -0.383 e. The maximum atomic E-state index is 12.5. The minimum atomic E-state index is -0.717. The second kappa shape index (κ2) is 11.8. The van der Waals surface area contributed by atoms with Gasteiger partial charge in [0, 0.05) is 31.5 Å². The predicted molar refractivity (Wildman–Crippen MR) is 98.7 cm³/mol. The number of nitrogens with zero attached hydrogens (tertiary/aromatic N) is 1. The van der Waals surface area contributed by atoms with Gasteiger partial charge < -0.3 is 20.7 Å². The first-order valence-electron chi connectivity index (χ1n) is 7.98. The first kappa shape index (κ1) is 22.4. The van der Waals surface area contributed by atoms with Crippen LogP contribution in [-0.4, -0.2) is 49.6 Å². The van der Waals surface area contributed by atoms with E-state index in [1.807, 2.05) is 4.90 Å². The third-order valence-corrected chi connectivity index (χ3v) is 3.36. The van der Waals surface area contributed by atoms with Gasteiger partial charge in [-0.15, -0.1) is 12.4 Å². The summed E-state index contributed by atoms with van der Waals surface area (Å²) in [5.74, 6) is -0.299. The van der Waals surface area contributed by atoms with Gasteiger partial charge in [0.25, 0.3) is 5.91 Å². The van der Waals surface area contributed by atoms with Gasteiger partial charge in [0.15, 0.2) is 0 Å². The van der Waals surface area contributed by atoms with E-state index in [0.717, 1.165) is 25.9 Å². The van der Waals surface area contributed by atoms with Crippen molar-refractivity contribution in [3.8, 4) is 0 Å². The second-order valence-corrected chi connectivity index (χ2v) is 5.42. The van der Waals surface area contributed by atoms with E-state index in [2.05, 4.69) is 19.2 Å². The number of carbonyl (C=O) groups is 2. The summed E-state index contributed by atoms with van der Waals surface area (Å²) in [5, 5.41) is 2.70. The summed E-state index contributed by atoms with van der Waals surface area (Å²) in [6.45, 7) is 5.76. The van der Waals surface area contributed by atoms with Crippen LogP contribution in [0.1, 0.15) is 37.0 Å². The molecule has 3 N–H and O–H groups in total. The summed E-state index contributed by atoms with van der Waals surface area (Å²) in [7, 11) is 1.49. The van der Waals surface area contributed by atoms with E-state index in [-0.39, 0.29) is 30.8 Å². The van der Waals surface area contributed by atoms with Crippen molar-refractivity contribution in [2.24, 2.45) is 5.73 Å². The van der Waals surface area contributed by atoms with Gasteiger partial charge in [-0.25, -0.2) is 0 Å². The highest BCUT2D eigenvalue weighted by molar-refractivity contribution is 5.97. The number of hydrogen-bond donors (Lipinski definition) is 2. The molecule has 7 heteroatoms. The molecule has 0 bridgehead atoms. The van der Waals surface area contributed by atoms with Crippen molar-refractivity contribution < 1.29 is 14.3 Å². The fraction of sp³-hybridized carbons (Fsp3) is 0.529. The van der Waals surface area contributed by atoms with Crippen molar-refractivity contribution in [1.82, 2.24) is 4.90 Å². The van der Waals surface area contributed by atoms with E-state index in [1.54, 1.807) is 24.3 Å². The highest BCUT2D eigenvalue weighted by Gasteiger charge is 2.15. The molecular formula is C17H28ClN3O3. The number of halogens is 1. The second-order valence-electron chi connectivity index (χ2n) is 5.42. The molecular weight excluding hydrogens is 330 g/mol. The lowest BCUT2D eigenvalue weighted by atomic mass is 10.1. The fourth-order valence-corrected chi connectivity index (χ4v) is 2.22. The Morgan fingerprint density at radius 2 is 1.71 bits per heavy atom. The van der Waals surface area contributed by atoms with Crippen molar-refractivity contribution in [2.75, 3.05) is 32.1 Å². The molecule has 0 heterocycles. The number of anilines is 1. The molecule has 1 atom stereocenters. The van der Waals surface area contributed by atoms with Crippen molar-refractivity contribution in [3.05, 3.63) is 29.8 Å². The van der Waals surface area contributed by atoms with Crippen LogP contribution in [0.25, 0.3) is 0 Å². The van der Waals surface area contributed by atoms with E-state index in [0.29, 0.717) is 11.3 Å². The minimum absolute atomic E-state index is 0. The van der Waals surface area contributed by atoms with Crippen LogP contribution in [0, 0.1) is 0 Å². The van der Waals surface area contributed by atoms with Crippen LogP contribution < -0.4 is 11.1 Å². The van der Waals surface area contributed by atoms with E-state index in [9.17, 15) is 9.59 Å². The SMILES string of the molecule is CCCN(CCC)C(=O)c1ccc(NC(=O)C(N)COC)cc1.Cl. The Labute approximate surface area is 150 Å². The molecule has 1 unspecified atom stereocenters. The molecule has 0 spiro atoms. The number of methoxy groups -OCH3 is 1. The van der Waals surface area contributed by atoms with Crippen LogP contribution in [0.2, 0.25) is 0 Å². The molecule has 0 radical (unpaired) electrons. The lowest BCUT2D eigenvalue weighted by Gasteiger charge is -2.21. The Morgan fingerprint density at radius 1 is 1.17 bits per heavy atom. The number of hydrogen-bond acceptors (Lipinski definition) is 4. The highest BCUT2D eigenvalue weighted by Crippen LogP contribution is 2.12. The standard InChI is InChI=1S/C17H27N3O3.ClH/c1-4-10-20(11-5-2)17(22)13-6-8-14(9-7-13)19-16(21)15(18)12-23-3;/h6-9,15H,4-5,10-12,18H2,1-3H3,(H,19,21);1H. The first-order valence-corrected chi connectivity index (χ1v) is 7.98. The number of nitrogens with two attached hydrogens (primary N) is 1. The summed E-state index contributed by atoms with van der Waals surface area (Å²) in [6.07, 6.45) is 1.86. The summed E-state index contributed by atoms with van der Waals surface area (Å²) in [5.41, 5.74) is 6.89. The summed E-state index contributed by atoms with van der Waals surface area (Å²) in [6, 6.07) is 6.14. The van der Waals surface area contributed by atoms with Crippen molar-refractivity contribution >= 4 is 29.9 Å². The topological polar surface area (TPSA) is 84.7 Å². The van der Waals surface area contributed by atoms with Crippen LogP contribution >= 0.6 is 12.4 Å². The molecule has 24 heavy (non-hydrogen) atoms. The summed E-state index contributed by atoms with van der Waals surface area (Å²) >= 11 is 0. The van der Waals surface area contributed by atoms with Gasteiger partial charge in [-0.1, -0.05) is 13.8 Å². The normalized spacial score (nSPS) is 11.3. The van der Waals surface area contributed by atoms with Crippen LogP contribution in [0.15, 0.2) is 24.3 Å². The molecule has 0 saturated heterocycles. The first-order chi connectivity index (χ1) is 11.0. The summed E-state index contributed by atoms with van der Waals surface area (Å²) in [4.78, 5) is 26.1. The van der Waals surface area contributed by atoms with E-state index in [4.69, 9.17) is 10.5 Å². The Balaban J connectivity index is 0.00000529. The molecule has 0 aliphatic carbocycles. The molecule has 136 valence electrons. The maximum absolute atomic E-state index is 12.5. The van der Waals surface area contributed by atoms with Crippen LogP contribution in [0.3, 0.4) is 0 Å². The zero-order valence-corrected chi connectivity index (χ0v) is 15.4. The largest absolute Gasteiger partial charge is 0.383 e. The molecule has 1 aromatic carbocycles. The van der Waals surface area contributed by atoms with Crippen LogP contribution in [0.5, 0.6) is 0 Å². The van der Waals surface area contributed by atoms with Crippen molar-refractivity contribution in [3.63, 3.8) is 0 Å². The summed E-state index contributed by atoms with van der Waals surface area (Å²) < 4.78 is 4.85. The third kappa shape index (κ3) is 6.86.